The highest BCUT2D eigenvalue weighted by atomic mass is 35.5. The van der Waals surface area contributed by atoms with Gasteiger partial charge in [0.15, 0.2) is 0 Å². The summed E-state index contributed by atoms with van der Waals surface area (Å²) in [6, 6.07) is 11.9. The van der Waals surface area contributed by atoms with Crippen molar-refractivity contribution in [2.45, 2.75) is 6.92 Å². The van der Waals surface area contributed by atoms with Crippen molar-refractivity contribution in [3.05, 3.63) is 65.1 Å². The highest BCUT2D eigenvalue weighted by Crippen LogP contribution is 2.27. The number of aromatic nitrogens is 2. The molecule has 21 heavy (non-hydrogen) atoms. The van der Waals surface area contributed by atoms with Crippen LogP contribution in [0.2, 0.25) is 5.02 Å². The minimum absolute atomic E-state index is 0.269. The number of aryl methyl sites for hydroxylation is 1. The Morgan fingerprint density at radius 3 is 2.52 bits per heavy atom. The van der Waals surface area contributed by atoms with E-state index in [0.29, 0.717) is 16.4 Å². The molecule has 106 valence electrons. The molecule has 0 saturated heterocycles. The van der Waals surface area contributed by atoms with Gasteiger partial charge in [0.1, 0.15) is 11.5 Å². The van der Waals surface area contributed by atoms with E-state index in [4.69, 9.17) is 17.3 Å². The van der Waals surface area contributed by atoms with Gasteiger partial charge in [-0.2, -0.15) is 5.10 Å². The zero-order valence-electron chi connectivity index (χ0n) is 11.3. The number of halogens is 2. The predicted molar refractivity (Wildman–Crippen MR) is 83.1 cm³/mol. The molecular weight excluding hydrogens is 289 g/mol. The van der Waals surface area contributed by atoms with Gasteiger partial charge in [-0.05, 0) is 42.8 Å². The number of nitrogens with two attached hydrogens (primary N) is 1. The average molecular weight is 302 g/mol. The third kappa shape index (κ3) is 2.62. The van der Waals surface area contributed by atoms with E-state index in [1.54, 1.807) is 29.1 Å². The van der Waals surface area contributed by atoms with E-state index in [2.05, 4.69) is 5.10 Å². The fourth-order valence-corrected chi connectivity index (χ4v) is 2.34. The van der Waals surface area contributed by atoms with Crippen molar-refractivity contribution in [3.63, 3.8) is 0 Å². The highest BCUT2D eigenvalue weighted by Gasteiger charge is 2.11. The topological polar surface area (TPSA) is 43.8 Å². The van der Waals surface area contributed by atoms with Crippen LogP contribution in [0.5, 0.6) is 0 Å². The van der Waals surface area contributed by atoms with Crippen LogP contribution in [0.25, 0.3) is 16.9 Å². The smallest absolute Gasteiger partial charge is 0.123 e. The summed E-state index contributed by atoms with van der Waals surface area (Å²) in [6.07, 6.45) is 1.73. The van der Waals surface area contributed by atoms with E-state index < -0.39 is 0 Å². The Labute approximate surface area is 126 Å². The molecule has 5 heteroatoms. The maximum absolute atomic E-state index is 13.2. The van der Waals surface area contributed by atoms with E-state index in [1.165, 1.54) is 12.1 Å². The quantitative estimate of drug-likeness (QED) is 0.770. The summed E-state index contributed by atoms with van der Waals surface area (Å²) < 4.78 is 14.8. The SMILES string of the molecule is Cc1cc(F)ccc1-n1cc(N)c(-c2ccc(Cl)cc2)n1. The third-order valence-corrected chi connectivity index (χ3v) is 3.52. The fourth-order valence-electron chi connectivity index (χ4n) is 2.22. The number of rotatable bonds is 2. The summed E-state index contributed by atoms with van der Waals surface area (Å²) in [5.41, 5.74) is 9.74. The minimum atomic E-state index is -0.269. The molecule has 0 unspecified atom stereocenters. The van der Waals surface area contributed by atoms with Crippen molar-refractivity contribution in [2.75, 3.05) is 5.73 Å². The summed E-state index contributed by atoms with van der Waals surface area (Å²) in [5, 5.41) is 5.16. The summed E-state index contributed by atoms with van der Waals surface area (Å²) in [6.45, 7) is 1.83. The molecule has 2 N–H and O–H groups in total. The molecule has 0 aliphatic carbocycles. The number of benzene rings is 2. The number of nitrogen functional groups attached to an aromatic ring is 1. The van der Waals surface area contributed by atoms with Gasteiger partial charge in [-0.1, -0.05) is 23.7 Å². The number of nitrogens with zero attached hydrogens (tertiary/aromatic N) is 2. The lowest BCUT2D eigenvalue weighted by molar-refractivity contribution is 0.625. The van der Waals surface area contributed by atoms with Gasteiger partial charge < -0.3 is 5.73 Å². The van der Waals surface area contributed by atoms with Gasteiger partial charge in [0, 0.05) is 10.6 Å². The van der Waals surface area contributed by atoms with Crippen LogP contribution in [-0.2, 0) is 0 Å². The van der Waals surface area contributed by atoms with Gasteiger partial charge in [0.05, 0.1) is 17.6 Å². The van der Waals surface area contributed by atoms with Gasteiger partial charge >= 0.3 is 0 Å². The van der Waals surface area contributed by atoms with Crippen molar-refractivity contribution >= 4 is 17.3 Å². The lowest BCUT2D eigenvalue weighted by Crippen LogP contribution is -1.98. The largest absolute Gasteiger partial charge is 0.396 e. The van der Waals surface area contributed by atoms with Crippen LogP contribution in [0.1, 0.15) is 5.56 Å². The first-order chi connectivity index (χ1) is 10.0. The van der Waals surface area contributed by atoms with Gasteiger partial charge in [0.2, 0.25) is 0 Å². The molecule has 0 aliphatic rings. The molecule has 0 fully saturated rings. The second-order valence-corrected chi connectivity index (χ2v) is 5.25. The maximum atomic E-state index is 13.2. The predicted octanol–water partition coefficient (Wildman–Crippen LogP) is 4.22. The van der Waals surface area contributed by atoms with Crippen molar-refractivity contribution in [1.82, 2.24) is 9.78 Å². The van der Waals surface area contributed by atoms with E-state index in [9.17, 15) is 4.39 Å². The Bertz CT molecular complexity index is 794. The first-order valence-corrected chi connectivity index (χ1v) is 6.80. The molecule has 3 aromatic rings. The van der Waals surface area contributed by atoms with E-state index in [-0.39, 0.29) is 5.82 Å². The molecule has 0 saturated carbocycles. The van der Waals surface area contributed by atoms with Crippen molar-refractivity contribution in [2.24, 2.45) is 0 Å². The lowest BCUT2D eigenvalue weighted by atomic mass is 10.1. The van der Waals surface area contributed by atoms with Gasteiger partial charge in [0.25, 0.3) is 0 Å². The molecule has 0 radical (unpaired) electrons. The minimum Gasteiger partial charge on any atom is -0.396 e. The van der Waals surface area contributed by atoms with Crippen molar-refractivity contribution in [1.29, 1.82) is 0 Å². The fraction of sp³-hybridized carbons (Fsp3) is 0.0625. The number of hydrogen-bond acceptors (Lipinski definition) is 2. The second kappa shape index (κ2) is 5.22. The summed E-state index contributed by atoms with van der Waals surface area (Å²) in [4.78, 5) is 0. The van der Waals surface area contributed by atoms with Gasteiger partial charge in [-0.3, -0.25) is 0 Å². The van der Waals surface area contributed by atoms with Gasteiger partial charge in [-0.15, -0.1) is 0 Å². The van der Waals surface area contributed by atoms with Crippen LogP contribution in [0, 0.1) is 12.7 Å². The zero-order valence-corrected chi connectivity index (χ0v) is 12.1. The average Bonchev–Trinajstić information content (AvgIpc) is 2.81. The van der Waals surface area contributed by atoms with E-state index in [0.717, 1.165) is 16.8 Å². The molecule has 1 heterocycles. The van der Waals surface area contributed by atoms with Crippen LogP contribution >= 0.6 is 11.6 Å². The van der Waals surface area contributed by atoms with Crippen LogP contribution in [0.4, 0.5) is 10.1 Å². The molecule has 1 aromatic heterocycles. The summed E-state index contributed by atoms with van der Waals surface area (Å²) in [5.74, 6) is -0.269. The maximum Gasteiger partial charge on any atom is 0.123 e. The Balaban J connectivity index is 2.07. The first-order valence-electron chi connectivity index (χ1n) is 6.42. The van der Waals surface area contributed by atoms with Crippen LogP contribution in [-0.4, -0.2) is 9.78 Å². The van der Waals surface area contributed by atoms with E-state index in [1.807, 2.05) is 19.1 Å². The molecule has 0 atom stereocenters. The lowest BCUT2D eigenvalue weighted by Gasteiger charge is -2.05. The zero-order chi connectivity index (χ0) is 15.0. The standard InChI is InChI=1S/C16H13ClFN3/c1-10-8-13(18)6-7-15(10)21-9-14(19)16(20-21)11-2-4-12(17)5-3-11/h2-9H,19H2,1H3. The summed E-state index contributed by atoms with van der Waals surface area (Å²) in [7, 11) is 0. The monoisotopic (exact) mass is 301 g/mol. The Morgan fingerprint density at radius 1 is 1.14 bits per heavy atom. The van der Waals surface area contributed by atoms with Crippen LogP contribution in [0.15, 0.2) is 48.7 Å². The molecule has 0 amide bonds. The Morgan fingerprint density at radius 2 is 1.86 bits per heavy atom. The molecular formula is C16H13ClFN3. The molecule has 0 aliphatic heterocycles. The molecule has 0 spiro atoms. The molecule has 0 bridgehead atoms. The number of anilines is 1. The normalized spacial score (nSPS) is 10.8. The van der Waals surface area contributed by atoms with Crippen LogP contribution < -0.4 is 5.73 Å². The molecule has 3 rings (SSSR count). The van der Waals surface area contributed by atoms with Crippen LogP contribution in [0.3, 0.4) is 0 Å². The molecule has 2 aromatic carbocycles. The first kappa shape index (κ1) is 13.6. The Kier molecular flexibility index (Phi) is 3.39. The number of hydrogen-bond donors (Lipinski definition) is 1. The third-order valence-electron chi connectivity index (χ3n) is 3.27. The second-order valence-electron chi connectivity index (χ2n) is 4.82. The molecule has 3 nitrogen and oxygen atoms in total. The summed E-state index contributed by atoms with van der Waals surface area (Å²) >= 11 is 5.88. The van der Waals surface area contributed by atoms with Crippen molar-refractivity contribution < 1.29 is 4.39 Å². The van der Waals surface area contributed by atoms with E-state index >= 15 is 0 Å². The van der Waals surface area contributed by atoms with Gasteiger partial charge in [-0.25, -0.2) is 9.07 Å². The van der Waals surface area contributed by atoms with Crippen molar-refractivity contribution in [3.8, 4) is 16.9 Å². The Hall–Kier alpha value is -2.33. The highest BCUT2D eigenvalue weighted by molar-refractivity contribution is 6.30.